The largest absolute Gasteiger partial charge is 0.460 e. The van der Waals surface area contributed by atoms with E-state index in [1.807, 2.05) is 12.1 Å². The van der Waals surface area contributed by atoms with Crippen LogP contribution in [0.25, 0.3) is 11.3 Å². The van der Waals surface area contributed by atoms with Crippen LogP contribution in [0.2, 0.25) is 0 Å². The van der Waals surface area contributed by atoms with E-state index in [0.29, 0.717) is 0 Å². The summed E-state index contributed by atoms with van der Waals surface area (Å²) in [5, 5.41) is 10.6. The molecule has 0 atom stereocenters. The highest BCUT2D eigenvalue weighted by Crippen LogP contribution is 2.25. The van der Waals surface area contributed by atoms with E-state index in [1.165, 1.54) is 12.1 Å². The van der Waals surface area contributed by atoms with Crippen LogP contribution >= 0.6 is 0 Å². The molecule has 20 heavy (non-hydrogen) atoms. The van der Waals surface area contributed by atoms with Gasteiger partial charge in [0.2, 0.25) is 0 Å². The van der Waals surface area contributed by atoms with Crippen LogP contribution in [0.1, 0.15) is 19.6 Å². The summed E-state index contributed by atoms with van der Waals surface area (Å²) in [6, 6.07) is 10.2. The predicted octanol–water partition coefficient (Wildman–Crippen LogP) is 3.70. The highest BCUT2D eigenvalue weighted by molar-refractivity contribution is 5.59. The van der Waals surface area contributed by atoms with Gasteiger partial charge in [-0.25, -0.2) is 0 Å². The maximum atomic E-state index is 10.6. The molecular weight excluding hydrogens is 256 g/mol. The molecule has 2 rings (SSSR count). The Morgan fingerprint density at radius 3 is 2.30 bits per heavy atom. The summed E-state index contributed by atoms with van der Waals surface area (Å²) in [6.07, 6.45) is 0. The van der Waals surface area contributed by atoms with Gasteiger partial charge >= 0.3 is 0 Å². The Morgan fingerprint density at radius 1 is 1.10 bits per heavy atom. The van der Waals surface area contributed by atoms with E-state index in [1.54, 1.807) is 12.1 Å². The van der Waals surface area contributed by atoms with E-state index in [4.69, 9.17) is 4.42 Å². The number of rotatable bonds is 6. The Morgan fingerprint density at radius 2 is 1.75 bits per heavy atom. The summed E-state index contributed by atoms with van der Waals surface area (Å²) in [7, 11) is 0. The third-order valence-corrected chi connectivity index (χ3v) is 3.30. The predicted molar refractivity (Wildman–Crippen MR) is 77.4 cm³/mol. The molecule has 106 valence electrons. The van der Waals surface area contributed by atoms with Gasteiger partial charge in [-0.05, 0) is 37.4 Å². The van der Waals surface area contributed by atoms with Gasteiger partial charge in [-0.2, -0.15) is 0 Å². The van der Waals surface area contributed by atoms with Crippen molar-refractivity contribution in [3.8, 4) is 11.3 Å². The summed E-state index contributed by atoms with van der Waals surface area (Å²) in [6.45, 7) is 6.96. The quantitative estimate of drug-likeness (QED) is 0.595. The average molecular weight is 274 g/mol. The molecule has 0 N–H and O–H groups in total. The second-order valence-corrected chi connectivity index (χ2v) is 4.53. The molecule has 1 aromatic heterocycles. The van der Waals surface area contributed by atoms with Gasteiger partial charge in [0, 0.05) is 17.7 Å². The van der Waals surface area contributed by atoms with Crippen molar-refractivity contribution >= 4 is 5.69 Å². The zero-order valence-electron chi connectivity index (χ0n) is 11.7. The Kier molecular flexibility index (Phi) is 4.53. The van der Waals surface area contributed by atoms with Gasteiger partial charge in [-0.3, -0.25) is 15.0 Å². The molecule has 0 radical (unpaired) electrons. The van der Waals surface area contributed by atoms with Gasteiger partial charge in [0.05, 0.1) is 11.5 Å². The topological polar surface area (TPSA) is 59.5 Å². The van der Waals surface area contributed by atoms with E-state index in [2.05, 4.69) is 18.7 Å². The van der Waals surface area contributed by atoms with Gasteiger partial charge in [0.15, 0.2) is 0 Å². The van der Waals surface area contributed by atoms with E-state index in [-0.39, 0.29) is 5.69 Å². The highest BCUT2D eigenvalue weighted by atomic mass is 16.6. The Labute approximate surface area is 118 Å². The fourth-order valence-electron chi connectivity index (χ4n) is 2.03. The second kappa shape index (κ2) is 6.34. The first-order valence-corrected chi connectivity index (χ1v) is 6.70. The average Bonchev–Trinajstić information content (AvgIpc) is 2.93. The molecule has 0 spiro atoms. The number of nitro groups is 1. The van der Waals surface area contributed by atoms with Gasteiger partial charge < -0.3 is 4.42 Å². The van der Waals surface area contributed by atoms with Crippen molar-refractivity contribution in [3.05, 3.63) is 52.3 Å². The lowest BCUT2D eigenvalue weighted by molar-refractivity contribution is -0.384. The monoisotopic (exact) mass is 274 g/mol. The van der Waals surface area contributed by atoms with E-state index in [0.717, 1.165) is 36.7 Å². The Hall–Kier alpha value is -2.14. The molecule has 2 aromatic rings. The zero-order chi connectivity index (χ0) is 14.5. The first-order valence-electron chi connectivity index (χ1n) is 6.70. The summed E-state index contributed by atoms with van der Waals surface area (Å²) in [5.41, 5.74) is 0.935. The van der Waals surface area contributed by atoms with Crippen molar-refractivity contribution in [2.24, 2.45) is 0 Å². The molecule has 1 aromatic carbocycles. The van der Waals surface area contributed by atoms with E-state index in [9.17, 15) is 10.1 Å². The van der Waals surface area contributed by atoms with Crippen LogP contribution in [0.3, 0.4) is 0 Å². The molecule has 0 amide bonds. The van der Waals surface area contributed by atoms with Gasteiger partial charge in [0.1, 0.15) is 11.5 Å². The number of non-ortho nitro benzene ring substituents is 1. The molecule has 0 aliphatic rings. The third-order valence-electron chi connectivity index (χ3n) is 3.30. The molecule has 0 aliphatic carbocycles. The number of furan rings is 1. The molecule has 0 fully saturated rings. The fraction of sp³-hybridized carbons (Fsp3) is 0.333. The van der Waals surface area contributed by atoms with Crippen molar-refractivity contribution in [3.63, 3.8) is 0 Å². The van der Waals surface area contributed by atoms with Crippen LogP contribution in [-0.4, -0.2) is 22.9 Å². The van der Waals surface area contributed by atoms with Gasteiger partial charge in [-0.15, -0.1) is 0 Å². The number of nitro benzene ring substituents is 1. The van der Waals surface area contributed by atoms with Crippen LogP contribution in [0, 0.1) is 10.1 Å². The fourth-order valence-corrected chi connectivity index (χ4v) is 2.03. The van der Waals surface area contributed by atoms with Crippen LogP contribution in [0.15, 0.2) is 40.8 Å². The maximum Gasteiger partial charge on any atom is 0.269 e. The zero-order valence-corrected chi connectivity index (χ0v) is 11.7. The number of hydrogen-bond acceptors (Lipinski definition) is 4. The summed E-state index contributed by atoms with van der Waals surface area (Å²) in [4.78, 5) is 12.5. The van der Waals surface area contributed by atoms with Gasteiger partial charge in [0.25, 0.3) is 5.69 Å². The first-order chi connectivity index (χ1) is 9.63. The van der Waals surface area contributed by atoms with Crippen LogP contribution in [0.4, 0.5) is 5.69 Å². The van der Waals surface area contributed by atoms with Crippen LogP contribution in [0.5, 0.6) is 0 Å². The Bertz CT molecular complexity index is 571. The molecule has 5 nitrogen and oxygen atoms in total. The third kappa shape index (κ3) is 3.24. The number of benzene rings is 1. The molecule has 0 aliphatic heterocycles. The summed E-state index contributed by atoms with van der Waals surface area (Å²) in [5.74, 6) is 1.64. The molecule has 5 heteroatoms. The smallest absolute Gasteiger partial charge is 0.269 e. The molecule has 1 heterocycles. The van der Waals surface area contributed by atoms with Crippen molar-refractivity contribution < 1.29 is 9.34 Å². The molecule has 0 saturated heterocycles. The van der Waals surface area contributed by atoms with Crippen LogP contribution in [-0.2, 0) is 6.54 Å². The highest BCUT2D eigenvalue weighted by Gasteiger charge is 2.09. The SMILES string of the molecule is CCN(CC)Cc1ccc(-c2ccc([N+](=O)[O-])cc2)o1. The standard InChI is InChI=1S/C15H18N2O3/c1-3-16(4-2)11-14-9-10-15(20-14)12-5-7-13(8-6-12)17(18)19/h5-10H,3-4,11H2,1-2H3. The summed E-state index contributed by atoms with van der Waals surface area (Å²) < 4.78 is 5.79. The second-order valence-electron chi connectivity index (χ2n) is 4.53. The molecule has 0 unspecified atom stereocenters. The molecule has 0 saturated carbocycles. The van der Waals surface area contributed by atoms with Crippen molar-refractivity contribution in [1.29, 1.82) is 0 Å². The van der Waals surface area contributed by atoms with Crippen LogP contribution < -0.4 is 0 Å². The summed E-state index contributed by atoms with van der Waals surface area (Å²) >= 11 is 0. The molecule has 0 bridgehead atoms. The van der Waals surface area contributed by atoms with E-state index < -0.39 is 4.92 Å². The number of nitrogens with zero attached hydrogens (tertiary/aromatic N) is 2. The maximum absolute atomic E-state index is 10.6. The Balaban J connectivity index is 2.13. The van der Waals surface area contributed by atoms with Crippen molar-refractivity contribution in [2.45, 2.75) is 20.4 Å². The number of hydrogen-bond donors (Lipinski definition) is 0. The lowest BCUT2D eigenvalue weighted by atomic mass is 10.1. The van der Waals surface area contributed by atoms with Crippen molar-refractivity contribution in [2.75, 3.05) is 13.1 Å². The lowest BCUT2D eigenvalue weighted by Gasteiger charge is -2.15. The first kappa shape index (κ1) is 14.3. The minimum Gasteiger partial charge on any atom is -0.460 e. The normalized spacial score (nSPS) is 10.9. The lowest BCUT2D eigenvalue weighted by Crippen LogP contribution is -2.21. The minimum absolute atomic E-state index is 0.0867. The minimum atomic E-state index is -0.405. The van der Waals surface area contributed by atoms with E-state index >= 15 is 0 Å². The molecular formula is C15H18N2O3. The van der Waals surface area contributed by atoms with Gasteiger partial charge in [-0.1, -0.05) is 13.8 Å². The van der Waals surface area contributed by atoms with Crippen molar-refractivity contribution in [1.82, 2.24) is 4.90 Å².